The topological polar surface area (TPSA) is 113 Å². The van der Waals surface area contributed by atoms with Crippen LogP contribution in [0.25, 0.3) is 0 Å². The summed E-state index contributed by atoms with van der Waals surface area (Å²) in [5, 5.41) is 15.8. The molecule has 0 aliphatic carbocycles. The third-order valence-corrected chi connectivity index (χ3v) is 6.40. The standard InChI is InChI=1S/C13H18N4O5S/c18-13(19)11-1-2-12(15-14-11)16-4-3-10(9-16)23(20,21)17-5-7-22-8-6-17/h1-2,10H,3-9H2,(H,18,19). The normalized spacial score (nSPS) is 23.1. The van der Waals surface area contributed by atoms with Crippen molar-refractivity contribution in [3.63, 3.8) is 0 Å². The van der Waals surface area contributed by atoms with Crippen molar-refractivity contribution in [1.82, 2.24) is 14.5 Å². The Hall–Kier alpha value is -1.78. The Kier molecular flexibility index (Phi) is 4.46. The van der Waals surface area contributed by atoms with E-state index in [9.17, 15) is 13.2 Å². The second-order valence-corrected chi connectivity index (χ2v) is 7.71. The van der Waals surface area contributed by atoms with Gasteiger partial charge in [0, 0.05) is 26.2 Å². The van der Waals surface area contributed by atoms with Gasteiger partial charge in [-0.1, -0.05) is 0 Å². The molecule has 10 heteroatoms. The Morgan fingerprint density at radius 2 is 1.96 bits per heavy atom. The molecule has 2 aliphatic heterocycles. The van der Waals surface area contributed by atoms with E-state index in [1.807, 2.05) is 4.90 Å². The quantitative estimate of drug-likeness (QED) is 0.773. The SMILES string of the molecule is O=C(O)c1ccc(N2CCC(S(=O)(=O)N3CCOCC3)C2)nn1. The van der Waals surface area contributed by atoms with Crippen LogP contribution in [-0.2, 0) is 14.8 Å². The number of morpholine rings is 1. The molecular weight excluding hydrogens is 324 g/mol. The molecular formula is C13H18N4O5S. The van der Waals surface area contributed by atoms with Crippen LogP contribution in [-0.4, -0.2) is 78.6 Å². The summed E-state index contributed by atoms with van der Waals surface area (Å²) in [7, 11) is -3.35. The van der Waals surface area contributed by atoms with Crippen molar-refractivity contribution in [1.29, 1.82) is 0 Å². The van der Waals surface area contributed by atoms with Crippen LogP contribution in [0.5, 0.6) is 0 Å². The zero-order valence-electron chi connectivity index (χ0n) is 12.5. The highest BCUT2D eigenvalue weighted by molar-refractivity contribution is 7.89. The fraction of sp³-hybridized carbons (Fsp3) is 0.615. The van der Waals surface area contributed by atoms with Crippen molar-refractivity contribution in [3.05, 3.63) is 17.8 Å². The Morgan fingerprint density at radius 3 is 2.57 bits per heavy atom. The molecule has 3 rings (SSSR count). The van der Waals surface area contributed by atoms with Crippen LogP contribution in [0.15, 0.2) is 12.1 Å². The molecule has 0 bridgehead atoms. The van der Waals surface area contributed by atoms with Crippen molar-refractivity contribution in [3.8, 4) is 0 Å². The van der Waals surface area contributed by atoms with Crippen molar-refractivity contribution >= 4 is 21.8 Å². The minimum atomic E-state index is -3.35. The zero-order chi connectivity index (χ0) is 16.4. The number of aromatic carboxylic acids is 1. The molecule has 1 unspecified atom stereocenters. The van der Waals surface area contributed by atoms with E-state index in [2.05, 4.69) is 10.2 Å². The van der Waals surface area contributed by atoms with Crippen LogP contribution in [0.3, 0.4) is 0 Å². The predicted molar refractivity (Wildman–Crippen MR) is 80.9 cm³/mol. The highest BCUT2D eigenvalue weighted by Gasteiger charge is 2.38. The minimum absolute atomic E-state index is 0.134. The number of sulfonamides is 1. The molecule has 0 saturated carbocycles. The van der Waals surface area contributed by atoms with Crippen LogP contribution in [0.2, 0.25) is 0 Å². The molecule has 1 aromatic heterocycles. The molecule has 9 nitrogen and oxygen atoms in total. The second-order valence-electron chi connectivity index (χ2n) is 5.49. The van der Waals surface area contributed by atoms with Crippen molar-refractivity contribution < 1.29 is 23.1 Å². The Morgan fingerprint density at radius 1 is 1.22 bits per heavy atom. The van der Waals surface area contributed by atoms with Crippen molar-refractivity contribution in [2.24, 2.45) is 0 Å². The summed E-state index contributed by atoms with van der Waals surface area (Å²) < 4.78 is 32.0. The van der Waals surface area contributed by atoms with Gasteiger partial charge in [-0.15, -0.1) is 10.2 Å². The highest BCUT2D eigenvalue weighted by atomic mass is 32.2. The molecule has 0 spiro atoms. The largest absolute Gasteiger partial charge is 0.476 e. The number of carboxylic acids is 1. The van der Waals surface area contributed by atoms with Crippen molar-refractivity contribution in [2.45, 2.75) is 11.7 Å². The van der Waals surface area contributed by atoms with E-state index < -0.39 is 21.2 Å². The summed E-state index contributed by atoms with van der Waals surface area (Å²) in [5.41, 5.74) is -0.134. The highest BCUT2D eigenvalue weighted by Crippen LogP contribution is 2.24. The number of hydrogen-bond acceptors (Lipinski definition) is 7. The van der Waals surface area contributed by atoms with E-state index in [4.69, 9.17) is 9.84 Å². The molecule has 0 aromatic carbocycles. The fourth-order valence-corrected chi connectivity index (χ4v) is 4.65. The Labute approximate surface area is 133 Å². The monoisotopic (exact) mass is 342 g/mol. The molecule has 2 saturated heterocycles. The summed E-state index contributed by atoms with van der Waals surface area (Å²) >= 11 is 0. The fourth-order valence-electron chi connectivity index (χ4n) is 2.80. The number of hydrogen-bond donors (Lipinski definition) is 1. The molecule has 1 aromatic rings. The third-order valence-electron chi connectivity index (χ3n) is 4.09. The van der Waals surface area contributed by atoms with E-state index in [1.54, 1.807) is 6.07 Å². The van der Waals surface area contributed by atoms with Gasteiger partial charge in [0.1, 0.15) is 0 Å². The number of ether oxygens (including phenoxy) is 1. The lowest BCUT2D eigenvalue weighted by atomic mass is 10.4. The lowest BCUT2D eigenvalue weighted by Crippen LogP contribution is -2.46. The van der Waals surface area contributed by atoms with Crippen LogP contribution in [0.1, 0.15) is 16.9 Å². The molecule has 0 amide bonds. The first kappa shape index (κ1) is 16.1. The van der Waals surface area contributed by atoms with Gasteiger partial charge in [-0.3, -0.25) is 0 Å². The third kappa shape index (κ3) is 3.28. The summed E-state index contributed by atoms with van der Waals surface area (Å²) in [6.07, 6.45) is 0.516. The first-order valence-electron chi connectivity index (χ1n) is 7.37. The number of anilines is 1. The van der Waals surface area contributed by atoms with E-state index in [0.717, 1.165) is 0 Å². The average molecular weight is 342 g/mol. The van der Waals surface area contributed by atoms with Crippen molar-refractivity contribution in [2.75, 3.05) is 44.3 Å². The van der Waals surface area contributed by atoms with E-state index in [-0.39, 0.29) is 5.69 Å². The van der Waals surface area contributed by atoms with Crippen LogP contribution >= 0.6 is 0 Å². The lowest BCUT2D eigenvalue weighted by molar-refractivity contribution is 0.0689. The van der Waals surface area contributed by atoms with Gasteiger partial charge in [-0.05, 0) is 18.6 Å². The number of aromatic nitrogens is 2. The minimum Gasteiger partial charge on any atom is -0.476 e. The summed E-state index contributed by atoms with van der Waals surface area (Å²) in [6.45, 7) is 2.53. The summed E-state index contributed by atoms with van der Waals surface area (Å²) in [5.74, 6) is -0.645. The molecule has 3 heterocycles. The van der Waals surface area contributed by atoms with Gasteiger partial charge in [-0.2, -0.15) is 4.31 Å². The van der Waals surface area contributed by atoms with Crippen LogP contribution < -0.4 is 4.90 Å². The second kappa shape index (κ2) is 6.38. The molecule has 1 atom stereocenters. The van der Waals surface area contributed by atoms with Gasteiger partial charge >= 0.3 is 5.97 Å². The number of carboxylic acid groups (broad SMARTS) is 1. The number of nitrogens with zero attached hydrogens (tertiary/aromatic N) is 4. The van der Waals surface area contributed by atoms with Gasteiger partial charge in [-0.25, -0.2) is 13.2 Å². The van der Waals surface area contributed by atoms with Gasteiger partial charge in [0.25, 0.3) is 0 Å². The maximum Gasteiger partial charge on any atom is 0.356 e. The van der Waals surface area contributed by atoms with Crippen LogP contribution in [0.4, 0.5) is 5.82 Å². The predicted octanol–water partition coefficient (Wildman–Crippen LogP) is -0.584. The molecule has 23 heavy (non-hydrogen) atoms. The van der Waals surface area contributed by atoms with E-state index in [0.29, 0.717) is 51.6 Å². The lowest BCUT2D eigenvalue weighted by Gasteiger charge is -2.28. The molecule has 126 valence electrons. The molecule has 0 radical (unpaired) electrons. The first-order chi connectivity index (χ1) is 11.0. The number of carbonyl (C=O) groups is 1. The smallest absolute Gasteiger partial charge is 0.356 e. The summed E-state index contributed by atoms with van der Waals surface area (Å²) in [4.78, 5) is 12.6. The van der Waals surface area contributed by atoms with Gasteiger partial charge in [0.2, 0.25) is 10.0 Å². The Bertz CT molecular complexity index is 672. The van der Waals surface area contributed by atoms with Crippen LogP contribution in [0, 0.1) is 0 Å². The first-order valence-corrected chi connectivity index (χ1v) is 8.87. The molecule has 1 N–H and O–H groups in total. The maximum atomic E-state index is 12.6. The molecule has 2 aliphatic rings. The average Bonchev–Trinajstić information content (AvgIpc) is 3.06. The van der Waals surface area contributed by atoms with Gasteiger partial charge in [0.15, 0.2) is 11.5 Å². The van der Waals surface area contributed by atoms with E-state index in [1.165, 1.54) is 10.4 Å². The maximum absolute atomic E-state index is 12.6. The molecule has 2 fully saturated rings. The van der Waals surface area contributed by atoms with Gasteiger partial charge < -0.3 is 14.7 Å². The number of rotatable bonds is 4. The van der Waals surface area contributed by atoms with Gasteiger partial charge in [0.05, 0.1) is 18.5 Å². The summed E-state index contributed by atoms with van der Waals surface area (Å²) in [6, 6.07) is 2.93. The zero-order valence-corrected chi connectivity index (χ0v) is 13.3. The van der Waals surface area contributed by atoms with E-state index >= 15 is 0 Å². The Balaban J connectivity index is 1.69.